The van der Waals surface area contributed by atoms with Crippen LogP contribution in [0.5, 0.6) is 0 Å². The van der Waals surface area contributed by atoms with Gasteiger partial charge in [-0.1, -0.05) is 0 Å². The SMILES string of the molecule is CN(C)C=O.[Br][Ni][Br]. The van der Waals surface area contributed by atoms with Crippen LogP contribution in [0.2, 0.25) is 0 Å². The van der Waals surface area contributed by atoms with Crippen molar-refractivity contribution >= 4 is 34.9 Å². The molecule has 0 rings (SSSR count). The topological polar surface area (TPSA) is 20.3 Å². The van der Waals surface area contributed by atoms with Gasteiger partial charge in [0.2, 0.25) is 6.41 Å². The summed E-state index contributed by atoms with van der Waals surface area (Å²) in [5, 5.41) is 0. The van der Waals surface area contributed by atoms with Crippen LogP contribution in [0, 0.1) is 0 Å². The number of hydrogen-bond donors (Lipinski definition) is 0. The molecule has 0 atom stereocenters. The molecule has 1 amide bonds. The minimum atomic E-state index is 0.750. The Labute approximate surface area is 69.4 Å². The molecule has 0 saturated heterocycles. The van der Waals surface area contributed by atoms with Gasteiger partial charge in [0.25, 0.3) is 0 Å². The predicted molar refractivity (Wildman–Crippen MR) is 37.6 cm³/mol. The Morgan fingerprint density at radius 3 is 1.62 bits per heavy atom. The molecule has 0 bridgehead atoms. The number of hydrogen-bond acceptors (Lipinski definition) is 1. The number of carbonyl (C=O) groups is 1. The van der Waals surface area contributed by atoms with Crippen molar-refractivity contribution in [2.24, 2.45) is 0 Å². The molecule has 5 heteroatoms. The molecule has 0 spiro atoms. The number of rotatable bonds is 1. The van der Waals surface area contributed by atoms with E-state index in [9.17, 15) is 4.79 Å². The van der Waals surface area contributed by atoms with E-state index in [2.05, 4.69) is 28.5 Å². The van der Waals surface area contributed by atoms with Crippen LogP contribution < -0.4 is 0 Å². The van der Waals surface area contributed by atoms with E-state index in [1.807, 2.05) is 0 Å². The summed E-state index contributed by atoms with van der Waals surface area (Å²) in [6.07, 6.45) is 0.750. The van der Waals surface area contributed by atoms with Gasteiger partial charge in [0.15, 0.2) is 0 Å². The van der Waals surface area contributed by atoms with Crippen LogP contribution in [0.1, 0.15) is 0 Å². The van der Waals surface area contributed by atoms with Crippen molar-refractivity contribution in [2.75, 3.05) is 14.1 Å². The van der Waals surface area contributed by atoms with Crippen molar-refractivity contribution < 1.29 is 15.7 Å². The van der Waals surface area contributed by atoms with E-state index in [1.54, 1.807) is 14.1 Å². The summed E-state index contributed by atoms with van der Waals surface area (Å²) >= 11 is 6.00. The van der Waals surface area contributed by atoms with Gasteiger partial charge in [-0.3, -0.25) is 4.79 Å². The van der Waals surface area contributed by atoms with E-state index in [1.165, 1.54) is 15.8 Å². The Bertz CT molecular complexity index is 52.5. The molecule has 54 valence electrons. The van der Waals surface area contributed by atoms with E-state index in [4.69, 9.17) is 0 Å². The summed E-state index contributed by atoms with van der Waals surface area (Å²) in [5.41, 5.74) is 0. The van der Waals surface area contributed by atoms with E-state index in [0.717, 1.165) is 6.41 Å². The normalized spacial score (nSPS) is 7.00. The van der Waals surface area contributed by atoms with Crippen molar-refractivity contribution in [2.45, 2.75) is 0 Å². The monoisotopic (exact) mass is 289 g/mol. The molecule has 0 fully saturated rings. The summed E-state index contributed by atoms with van der Waals surface area (Å²) in [6.45, 7) is 0. The first-order valence-corrected chi connectivity index (χ1v) is 6.51. The summed E-state index contributed by atoms with van der Waals surface area (Å²) in [6, 6.07) is 0. The molecule has 0 aliphatic heterocycles. The van der Waals surface area contributed by atoms with E-state index < -0.39 is 0 Å². The Morgan fingerprint density at radius 2 is 1.62 bits per heavy atom. The van der Waals surface area contributed by atoms with Gasteiger partial charge in [0.1, 0.15) is 0 Å². The van der Waals surface area contributed by atoms with Gasteiger partial charge in [-0.25, -0.2) is 0 Å². The molecular formula is C3H7Br2NNiO. The second-order valence-electron chi connectivity index (χ2n) is 1.11. The molecule has 0 N–H and O–H groups in total. The maximum atomic E-state index is 9.43. The van der Waals surface area contributed by atoms with Crippen LogP contribution in [0.25, 0.3) is 0 Å². The first-order chi connectivity index (χ1) is 3.68. The second kappa shape index (κ2) is 10.8. The molecule has 0 heterocycles. The van der Waals surface area contributed by atoms with Gasteiger partial charge < -0.3 is 4.90 Å². The number of nitrogens with zero attached hydrogens (tertiary/aromatic N) is 1. The van der Waals surface area contributed by atoms with Crippen molar-refractivity contribution in [3.05, 3.63) is 0 Å². The summed E-state index contributed by atoms with van der Waals surface area (Å²) in [4.78, 5) is 10.9. The first kappa shape index (κ1) is 11.7. The zero-order valence-corrected chi connectivity index (χ0v) is 8.66. The molecule has 2 nitrogen and oxygen atoms in total. The number of amides is 1. The third-order valence-corrected chi connectivity index (χ3v) is 0.211. The van der Waals surface area contributed by atoms with Crippen molar-refractivity contribution in [1.29, 1.82) is 0 Å². The van der Waals surface area contributed by atoms with Crippen LogP contribution in [0.15, 0.2) is 0 Å². The van der Waals surface area contributed by atoms with Gasteiger partial charge in [-0.2, -0.15) is 0 Å². The van der Waals surface area contributed by atoms with Gasteiger partial charge >= 0.3 is 39.3 Å². The average molecular weight is 292 g/mol. The van der Waals surface area contributed by atoms with Gasteiger partial charge in [0, 0.05) is 14.1 Å². The molecule has 8 heavy (non-hydrogen) atoms. The molecule has 0 saturated carbocycles. The van der Waals surface area contributed by atoms with E-state index in [0.29, 0.717) is 0 Å². The molecule has 0 aromatic rings. The average Bonchev–Trinajstić information content (AvgIpc) is 1.69. The summed E-state index contributed by atoms with van der Waals surface area (Å²) in [7, 11) is 4.62. The minimum absolute atomic E-state index is 0.750. The number of halogens is 2. The van der Waals surface area contributed by atoms with Crippen LogP contribution in [-0.2, 0) is 15.7 Å². The van der Waals surface area contributed by atoms with E-state index in [-0.39, 0.29) is 0 Å². The van der Waals surface area contributed by atoms with E-state index >= 15 is 0 Å². The van der Waals surface area contributed by atoms with Crippen molar-refractivity contribution in [1.82, 2.24) is 4.90 Å². The molecule has 0 aliphatic carbocycles. The Balaban J connectivity index is 0. The van der Waals surface area contributed by atoms with Crippen LogP contribution in [0.3, 0.4) is 0 Å². The predicted octanol–water partition coefficient (Wildman–Crippen LogP) is 1.39. The fraction of sp³-hybridized carbons (Fsp3) is 0.667. The van der Waals surface area contributed by atoms with Crippen LogP contribution in [-0.4, -0.2) is 25.4 Å². The quantitative estimate of drug-likeness (QED) is 0.528. The molecular weight excluding hydrogens is 285 g/mol. The number of carbonyl (C=O) groups excluding carboxylic acids is 1. The molecule has 0 aromatic heterocycles. The third kappa shape index (κ3) is 28.4. The Kier molecular flexibility index (Phi) is 15.8. The van der Waals surface area contributed by atoms with Crippen LogP contribution >= 0.6 is 28.5 Å². The summed E-state index contributed by atoms with van der Waals surface area (Å²) in [5.74, 6) is 0. The fourth-order valence-electron chi connectivity index (χ4n) is 0. The first-order valence-electron chi connectivity index (χ1n) is 1.63. The summed E-state index contributed by atoms with van der Waals surface area (Å²) < 4.78 is 0. The van der Waals surface area contributed by atoms with Crippen molar-refractivity contribution in [3.8, 4) is 0 Å². The molecule has 0 unspecified atom stereocenters. The van der Waals surface area contributed by atoms with Crippen LogP contribution in [0.4, 0.5) is 0 Å². The molecule has 0 radical (unpaired) electrons. The van der Waals surface area contributed by atoms with Gasteiger partial charge in [-0.05, 0) is 0 Å². The zero-order valence-electron chi connectivity index (χ0n) is 4.50. The van der Waals surface area contributed by atoms with Gasteiger partial charge in [-0.15, -0.1) is 0 Å². The second-order valence-corrected chi connectivity index (χ2v) is 6.10. The standard InChI is InChI=1S/C3H7NO.2BrH.Ni/c1-4(2)3-5;;;/h3H,1-2H3;2*1H;/q;;;+2/p-2. The zero-order chi connectivity index (χ0) is 6.99. The molecule has 0 aliphatic rings. The van der Waals surface area contributed by atoms with Gasteiger partial charge in [0.05, 0.1) is 0 Å². The third-order valence-electron chi connectivity index (χ3n) is 0.211. The Hall–Kier alpha value is 0.924. The molecule has 0 aromatic carbocycles. The maximum absolute atomic E-state index is 9.43. The van der Waals surface area contributed by atoms with Crippen molar-refractivity contribution in [3.63, 3.8) is 0 Å². The fourth-order valence-corrected chi connectivity index (χ4v) is 0. The Morgan fingerprint density at radius 1 is 1.50 bits per heavy atom.